The van der Waals surface area contributed by atoms with Gasteiger partial charge in [-0.05, 0) is 12.1 Å². The largest absolute Gasteiger partial charge is 0.478 e. The molecule has 0 bridgehead atoms. The lowest BCUT2D eigenvalue weighted by atomic mass is 10.1. The van der Waals surface area contributed by atoms with Crippen LogP contribution in [0, 0.1) is 11.3 Å². The molecule has 0 amide bonds. The van der Waals surface area contributed by atoms with Gasteiger partial charge in [-0.3, -0.25) is 0 Å². The zero-order chi connectivity index (χ0) is 12.6. The Morgan fingerprint density at radius 1 is 1.19 bits per heavy atom. The van der Waals surface area contributed by atoms with Crippen molar-refractivity contribution in [3.05, 3.63) is 48.0 Å². The van der Waals surface area contributed by atoms with Crippen molar-refractivity contribution in [1.82, 2.24) is 0 Å². The van der Waals surface area contributed by atoms with Crippen LogP contribution in [0.5, 0.6) is 0 Å². The molecule has 0 saturated carbocycles. The van der Waals surface area contributed by atoms with Crippen molar-refractivity contribution in [2.24, 2.45) is 0 Å². The average Bonchev–Trinajstić information content (AvgIpc) is 2.29. The fourth-order valence-electron chi connectivity index (χ4n) is 0.856. The first-order valence-corrected chi connectivity index (χ1v) is 4.10. The van der Waals surface area contributed by atoms with Crippen molar-refractivity contribution in [3.8, 4) is 6.07 Å². The molecule has 0 unspecified atom stereocenters. The van der Waals surface area contributed by atoms with E-state index in [1.54, 1.807) is 6.07 Å². The van der Waals surface area contributed by atoms with Crippen molar-refractivity contribution in [2.45, 2.75) is 0 Å². The second-order valence-electron chi connectivity index (χ2n) is 2.49. The van der Waals surface area contributed by atoms with Crippen molar-refractivity contribution < 1.29 is 19.8 Å². The van der Waals surface area contributed by atoms with E-state index in [2.05, 4.69) is 6.58 Å². The van der Waals surface area contributed by atoms with Crippen LogP contribution in [0.15, 0.2) is 36.9 Å². The first-order chi connectivity index (χ1) is 7.54. The lowest BCUT2D eigenvalue weighted by Gasteiger charge is -1.98. The number of benzene rings is 1. The second kappa shape index (κ2) is 6.79. The predicted molar refractivity (Wildman–Crippen MR) is 56.2 cm³/mol. The summed E-state index contributed by atoms with van der Waals surface area (Å²) < 4.78 is 0. The number of nitrogens with zero attached hydrogens (tertiary/aromatic N) is 1. The number of aromatic carboxylic acids is 2. The van der Waals surface area contributed by atoms with Gasteiger partial charge in [0, 0.05) is 6.08 Å². The van der Waals surface area contributed by atoms with Gasteiger partial charge < -0.3 is 10.2 Å². The Hall–Kier alpha value is -2.61. The number of rotatable bonds is 2. The molecule has 0 aliphatic carbocycles. The molecule has 2 N–H and O–H groups in total. The molecule has 1 rings (SSSR count). The van der Waals surface area contributed by atoms with Crippen molar-refractivity contribution in [2.75, 3.05) is 0 Å². The van der Waals surface area contributed by atoms with Crippen LogP contribution < -0.4 is 0 Å². The molecule has 0 saturated heterocycles. The SMILES string of the molecule is C=CC#N.O=C(O)c1ccccc1C(=O)O. The number of allylic oxidation sites excluding steroid dienone is 1. The molecule has 5 nitrogen and oxygen atoms in total. The van der Waals surface area contributed by atoms with Crippen molar-refractivity contribution in [1.29, 1.82) is 5.26 Å². The summed E-state index contributed by atoms with van der Waals surface area (Å²) in [6, 6.07) is 7.17. The highest BCUT2D eigenvalue weighted by Crippen LogP contribution is 2.07. The summed E-state index contributed by atoms with van der Waals surface area (Å²) in [4.78, 5) is 20.9. The molecule has 82 valence electrons. The summed E-state index contributed by atoms with van der Waals surface area (Å²) in [6.45, 7) is 3.12. The molecule has 1 aromatic carbocycles. The first-order valence-electron chi connectivity index (χ1n) is 4.10. The molecule has 5 heteroatoms. The number of hydrogen-bond donors (Lipinski definition) is 2. The Morgan fingerprint density at radius 2 is 1.50 bits per heavy atom. The van der Waals surface area contributed by atoms with E-state index >= 15 is 0 Å². The number of carboxylic acids is 2. The lowest BCUT2D eigenvalue weighted by molar-refractivity contribution is 0.0651. The van der Waals surface area contributed by atoms with Crippen LogP contribution in [0.2, 0.25) is 0 Å². The van der Waals surface area contributed by atoms with Crippen molar-refractivity contribution in [3.63, 3.8) is 0 Å². The summed E-state index contributed by atoms with van der Waals surface area (Å²) in [5.41, 5.74) is -0.380. The molecule has 0 aliphatic rings. The van der Waals surface area contributed by atoms with E-state index in [0.29, 0.717) is 0 Å². The van der Waals surface area contributed by atoms with Gasteiger partial charge >= 0.3 is 11.9 Å². The molecule has 0 fully saturated rings. The van der Waals surface area contributed by atoms with Gasteiger partial charge in [0.2, 0.25) is 0 Å². The number of carbonyl (C=O) groups is 2. The standard InChI is InChI=1S/C8H6O4.C3H3N/c9-7(10)5-3-1-2-4-6(5)8(11)12;1-2-3-4/h1-4H,(H,9,10)(H,11,12);2H,1H2. The number of hydrogen-bond acceptors (Lipinski definition) is 3. The molecule has 0 heterocycles. The minimum atomic E-state index is -1.23. The quantitative estimate of drug-likeness (QED) is 0.738. The zero-order valence-electron chi connectivity index (χ0n) is 8.25. The van der Waals surface area contributed by atoms with Crippen LogP contribution in [-0.2, 0) is 0 Å². The van der Waals surface area contributed by atoms with Gasteiger partial charge in [0.1, 0.15) is 0 Å². The molecule has 0 aliphatic heterocycles. The second-order valence-corrected chi connectivity index (χ2v) is 2.49. The topological polar surface area (TPSA) is 98.4 Å². The summed E-state index contributed by atoms with van der Waals surface area (Å²) >= 11 is 0. The third-order valence-corrected chi connectivity index (χ3v) is 1.48. The molecule has 1 aromatic rings. The Balaban J connectivity index is 0.000000487. The first kappa shape index (κ1) is 13.4. The highest BCUT2D eigenvalue weighted by Gasteiger charge is 2.13. The third-order valence-electron chi connectivity index (χ3n) is 1.48. The normalized spacial score (nSPS) is 7.94. The minimum absolute atomic E-state index is 0.190. The molecule has 0 spiro atoms. The van der Waals surface area contributed by atoms with Crippen LogP contribution in [0.3, 0.4) is 0 Å². The molecular formula is C11H9NO4. The highest BCUT2D eigenvalue weighted by atomic mass is 16.4. The molecule has 0 radical (unpaired) electrons. The van der Waals surface area contributed by atoms with Gasteiger partial charge in [-0.25, -0.2) is 9.59 Å². The molecule has 0 aromatic heterocycles. The Kier molecular flexibility index (Phi) is 5.68. The van der Waals surface area contributed by atoms with Crippen molar-refractivity contribution >= 4 is 11.9 Å². The monoisotopic (exact) mass is 219 g/mol. The zero-order valence-corrected chi connectivity index (χ0v) is 8.25. The van der Waals surface area contributed by atoms with E-state index in [1.807, 2.05) is 0 Å². The van der Waals surface area contributed by atoms with E-state index in [1.165, 1.54) is 30.3 Å². The van der Waals surface area contributed by atoms with Crippen LogP contribution in [0.25, 0.3) is 0 Å². The van der Waals surface area contributed by atoms with Crippen LogP contribution in [0.4, 0.5) is 0 Å². The number of carboxylic acid groups (broad SMARTS) is 2. The van der Waals surface area contributed by atoms with Gasteiger partial charge in [0.05, 0.1) is 17.2 Å². The summed E-state index contributed by atoms with van der Waals surface area (Å²) in [6.07, 6.45) is 1.18. The van der Waals surface area contributed by atoms with Crippen LogP contribution >= 0.6 is 0 Å². The molecular weight excluding hydrogens is 210 g/mol. The highest BCUT2D eigenvalue weighted by molar-refractivity contribution is 6.01. The summed E-state index contributed by atoms with van der Waals surface area (Å²) in [5, 5.41) is 24.6. The van der Waals surface area contributed by atoms with Crippen LogP contribution in [-0.4, -0.2) is 22.2 Å². The molecule has 16 heavy (non-hydrogen) atoms. The van der Waals surface area contributed by atoms with E-state index in [4.69, 9.17) is 15.5 Å². The maximum atomic E-state index is 10.5. The average molecular weight is 219 g/mol. The van der Waals surface area contributed by atoms with Crippen LogP contribution in [0.1, 0.15) is 20.7 Å². The smallest absolute Gasteiger partial charge is 0.336 e. The van der Waals surface area contributed by atoms with Gasteiger partial charge in [-0.15, -0.1) is 0 Å². The maximum Gasteiger partial charge on any atom is 0.336 e. The van der Waals surface area contributed by atoms with Gasteiger partial charge in [-0.2, -0.15) is 5.26 Å². The Labute approximate surface area is 91.9 Å². The third kappa shape index (κ3) is 4.07. The maximum absolute atomic E-state index is 10.5. The van der Waals surface area contributed by atoms with Gasteiger partial charge in [0.25, 0.3) is 0 Å². The summed E-state index contributed by atoms with van der Waals surface area (Å²) in [5.74, 6) is -2.46. The fraction of sp³-hybridized carbons (Fsp3) is 0. The predicted octanol–water partition coefficient (Wildman–Crippen LogP) is 1.78. The van der Waals surface area contributed by atoms with E-state index in [-0.39, 0.29) is 11.1 Å². The minimum Gasteiger partial charge on any atom is -0.478 e. The fourth-order valence-corrected chi connectivity index (χ4v) is 0.856. The lowest BCUT2D eigenvalue weighted by Crippen LogP contribution is -2.06. The molecule has 0 atom stereocenters. The Morgan fingerprint density at radius 3 is 1.69 bits per heavy atom. The van der Waals surface area contributed by atoms with Gasteiger partial charge in [0.15, 0.2) is 0 Å². The van der Waals surface area contributed by atoms with E-state index < -0.39 is 11.9 Å². The Bertz CT molecular complexity index is 413. The summed E-state index contributed by atoms with van der Waals surface area (Å²) in [7, 11) is 0. The van der Waals surface area contributed by atoms with E-state index in [0.717, 1.165) is 0 Å². The van der Waals surface area contributed by atoms with Gasteiger partial charge in [-0.1, -0.05) is 18.7 Å². The number of nitriles is 1. The van der Waals surface area contributed by atoms with E-state index in [9.17, 15) is 9.59 Å².